The van der Waals surface area contributed by atoms with E-state index in [4.69, 9.17) is 0 Å². The van der Waals surface area contributed by atoms with Gasteiger partial charge >= 0.3 is 0 Å². The SMILES string of the molecule is Cc1[nH]ncc1-c1nnc(I)s1. The normalized spacial score (nSPS) is 10.5. The second-order valence-corrected chi connectivity index (χ2v) is 5.00. The highest BCUT2D eigenvalue weighted by molar-refractivity contribution is 14.1. The molecule has 4 nitrogen and oxygen atoms in total. The average Bonchev–Trinajstić information content (AvgIpc) is 2.58. The van der Waals surface area contributed by atoms with Gasteiger partial charge in [0.25, 0.3) is 0 Å². The molecule has 0 radical (unpaired) electrons. The van der Waals surface area contributed by atoms with Crippen LogP contribution in [0.15, 0.2) is 6.20 Å². The third-order valence-electron chi connectivity index (χ3n) is 1.46. The van der Waals surface area contributed by atoms with Crippen molar-refractivity contribution in [2.75, 3.05) is 0 Å². The van der Waals surface area contributed by atoms with Crippen molar-refractivity contribution < 1.29 is 0 Å². The molecule has 0 saturated carbocycles. The number of aromatic amines is 1. The van der Waals surface area contributed by atoms with Crippen molar-refractivity contribution in [3.05, 3.63) is 14.9 Å². The van der Waals surface area contributed by atoms with E-state index >= 15 is 0 Å². The monoisotopic (exact) mass is 292 g/mol. The quantitative estimate of drug-likeness (QED) is 0.816. The van der Waals surface area contributed by atoms with Gasteiger partial charge in [-0.25, -0.2) is 0 Å². The molecule has 0 bridgehead atoms. The van der Waals surface area contributed by atoms with Crippen LogP contribution >= 0.6 is 33.9 Å². The van der Waals surface area contributed by atoms with Crippen LogP contribution in [0.2, 0.25) is 0 Å². The van der Waals surface area contributed by atoms with Crippen LogP contribution in [-0.2, 0) is 0 Å². The van der Waals surface area contributed by atoms with E-state index in [2.05, 4.69) is 43.0 Å². The first-order valence-corrected chi connectivity index (χ1v) is 5.16. The molecule has 62 valence electrons. The molecule has 12 heavy (non-hydrogen) atoms. The van der Waals surface area contributed by atoms with Gasteiger partial charge in [0.15, 0.2) is 8.02 Å². The zero-order valence-corrected chi connectivity index (χ0v) is 9.18. The molecule has 6 heteroatoms. The fraction of sp³-hybridized carbons (Fsp3) is 0.167. The molecule has 2 heterocycles. The molecule has 0 aliphatic heterocycles. The van der Waals surface area contributed by atoms with Crippen molar-refractivity contribution in [3.8, 4) is 10.6 Å². The van der Waals surface area contributed by atoms with E-state index in [1.54, 1.807) is 17.5 Å². The Morgan fingerprint density at radius 3 is 2.83 bits per heavy atom. The van der Waals surface area contributed by atoms with Crippen molar-refractivity contribution in [1.82, 2.24) is 20.4 Å². The number of nitrogens with zero attached hydrogens (tertiary/aromatic N) is 3. The third kappa shape index (κ3) is 1.36. The lowest BCUT2D eigenvalue weighted by atomic mass is 10.3. The Morgan fingerprint density at radius 2 is 2.33 bits per heavy atom. The molecule has 2 rings (SSSR count). The summed E-state index contributed by atoms with van der Waals surface area (Å²) in [5.41, 5.74) is 2.07. The summed E-state index contributed by atoms with van der Waals surface area (Å²) in [5, 5.41) is 15.7. The predicted molar refractivity (Wildman–Crippen MR) is 54.9 cm³/mol. The van der Waals surface area contributed by atoms with E-state index in [0.717, 1.165) is 19.3 Å². The van der Waals surface area contributed by atoms with Crippen LogP contribution in [0.3, 0.4) is 0 Å². The van der Waals surface area contributed by atoms with Crippen LogP contribution in [0.4, 0.5) is 0 Å². The van der Waals surface area contributed by atoms with Crippen molar-refractivity contribution in [1.29, 1.82) is 0 Å². The van der Waals surface area contributed by atoms with Gasteiger partial charge in [0.2, 0.25) is 0 Å². The first kappa shape index (κ1) is 8.11. The smallest absolute Gasteiger partial charge is 0.178 e. The van der Waals surface area contributed by atoms with Crippen LogP contribution in [0.5, 0.6) is 0 Å². The second-order valence-electron chi connectivity index (χ2n) is 2.27. The second kappa shape index (κ2) is 3.09. The summed E-state index contributed by atoms with van der Waals surface area (Å²) in [5.74, 6) is 0. The standard InChI is InChI=1S/C6H5IN4S/c1-3-4(2-8-9-3)5-10-11-6(7)12-5/h2H,1H3,(H,8,9). The molecule has 0 amide bonds. The number of nitrogens with one attached hydrogen (secondary N) is 1. The van der Waals surface area contributed by atoms with Gasteiger partial charge in [-0.05, 0) is 29.5 Å². The molecule has 0 aliphatic rings. The Balaban J connectivity index is 2.50. The van der Waals surface area contributed by atoms with E-state index in [0.29, 0.717) is 0 Å². The lowest BCUT2D eigenvalue weighted by molar-refractivity contribution is 1.05. The fourth-order valence-corrected chi connectivity index (χ4v) is 2.25. The molecule has 0 spiro atoms. The van der Waals surface area contributed by atoms with Gasteiger partial charge in [-0.15, -0.1) is 10.2 Å². The number of aromatic nitrogens is 4. The number of aryl methyl sites for hydroxylation is 1. The van der Waals surface area contributed by atoms with Gasteiger partial charge in [0.1, 0.15) is 0 Å². The molecule has 0 atom stereocenters. The Kier molecular flexibility index (Phi) is 2.09. The summed E-state index contributed by atoms with van der Waals surface area (Å²) in [4.78, 5) is 0. The van der Waals surface area contributed by atoms with Crippen LogP contribution in [0.1, 0.15) is 5.69 Å². The van der Waals surface area contributed by atoms with Crippen LogP contribution in [-0.4, -0.2) is 20.4 Å². The van der Waals surface area contributed by atoms with Crippen molar-refractivity contribution in [3.63, 3.8) is 0 Å². The van der Waals surface area contributed by atoms with Gasteiger partial charge in [-0.2, -0.15) is 5.10 Å². The highest BCUT2D eigenvalue weighted by atomic mass is 127. The van der Waals surface area contributed by atoms with Crippen LogP contribution < -0.4 is 0 Å². The summed E-state index contributed by atoms with van der Waals surface area (Å²) in [6, 6.07) is 0. The van der Waals surface area contributed by atoms with Crippen molar-refractivity contribution in [2.45, 2.75) is 6.92 Å². The zero-order chi connectivity index (χ0) is 8.55. The Bertz CT molecular complexity index is 394. The van der Waals surface area contributed by atoms with Gasteiger partial charge in [0.05, 0.1) is 11.8 Å². The highest BCUT2D eigenvalue weighted by Crippen LogP contribution is 2.25. The van der Waals surface area contributed by atoms with E-state index in [1.165, 1.54) is 0 Å². The molecule has 0 aliphatic carbocycles. The number of halogens is 1. The molecular formula is C6H5IN4S. The first-order chi connectivity index (χ1) is 5.77. The fourth-order valence-electron chi connectivity index (χ4n) is 0.880. The van der Waals surface area contributed by atoms with Crippen LogP contribution in [0, 0.1) is 9.94 Å². The molecule has 0 fully saturated rings. The van der Waals surface area contributed by atoms with Crippen molar-refractivity contribution >= 4 is 33.9 Å². The lowest BCUT2D eigenvalue weighted by Gasteiger charge is -1.87. The number of hydrogen-bond acceptors (Lipinski definition) is 4. The molecule has 0 aromatic carbocycles. The third-order valence-corrected chi connectivity index (χ3v) is 3.08. The summed E-state index contributed by atoms with van der Waals surface area (Å²) in [7, 11) is 0. The summed E-state index contributed by atoms with van der Waals surface area (Å²) >= 11 is 3.72. The van der Waals surface area contributed by atoms with E-state index in [1.807, 2.05) is 6.92 Å². The highest BCUT2D eigenvalue weighted by Gasteiger charge is 2.08. The van der Waals surface area contributed by atoms with Crippen LogP contribution in [0.25, 0.3) is 10.6 Å². The molecule has 2 aromatic rings. The minimum Gasteiger partial charge on any atom is -0.282 e. The minimum absolute atomic E-state index is 0.922. The topological polar surface area (TPSA) is 54.5 Å². The molecule has 1 N–H and O–H groups in total. The van der Waals surface area contributed by atoms with Gasteiger partial charge < -0.3 is 0 Å². The summed E-state index contributed by atoms with van der Waals surface area (Å²) in [6.07, 6.45) is 1.77. The molecule has 2 aromatic heterocycles. The minimum atomic E-state index is 0.922. The Labute approximate surface area is 86.6 Å². The predicted octanol–water partition coefficient (Wildman–Crippen LogP) is 1.84. The van der Waals surface area contributed by atoms with Gasteiger partial charge in [-0.3, -0.25) is 5.10 Å². The van der Waals surface area contributed by atoms with E-state index in [9.17, 15) is 0 Å². The summed E-state index contributed by atoms with van der Waals surface area (Å²) in [6.45, 7) is 1.97. The average molecular weight is 292 g/mol. The number of H-pyrrole nitrogens is 1. The zero-order valence-electron chi connectivity index (χ0n) is 6.21. The molecular weight excluding hydrogens is 287 g/mol. The first-order valence-electron chi connectivity index (χ1n) is 3.26. The summed E-state index contributed by atoms with van der Waals surface area (Å²) < 4.78 is 0.947. The van der Waals surface area contributed by atoms with E-state index < -0.39 is 0 Å². The Hall–Kier alpha value is -0.500. The number of hydrogen-bond donors (Lipinski definition) is 1. The molecule has 0 unspecified atom stereocenters. The van der Waals surface area contributed by atoms with Gasteiger partial charge in [-0.1, -0.05) is 11.3 Å². The maximum atomic E-state index is 4.02. The van der Waals surface area contributed by atoms with Gasteiger partial charge in [0, 0.05) is 5.69 Å². The largest absolute Gasteiger partial charge is 0.282 e. The maximum Gasteiger partial charge on any atom is 0.178 e. The lowest BCUT2D eigenvalue weighted by Crippen LogP contribution is -1.77. The number of rotatable bonds is 1. The van der Waals surface area contributed by atoms with E-state index in [-0.39, 0.29) is 0 Å². The molecule has 0 saturated heterocycles. The Morgan fingerprint density at radius 1 is 1.50 bits per heavy atom. The maximum absolute atomic E-state index is 4.02. The van der Waals surface area contributed by atoms with Crippen molar-refractivity contribution in [2.24, 2.45) is 0 Å².